The number of carbonyl (C=O) groups excluding carboxylic acids is 1. The van der Waals surface area contributed by atoms with E-state index in [1.54, 1.807) is 19.1 Å². The number of nitrogens with zero attached hydrogens (tertiary/aromatic N) is 2. The minimum Gasteiger partial charge on any atom is -0.411 e. The van der Waals surface area contributed by atoms with Gasteiger partial charge in [-0.25, -0.2) is 4.39 Å². The van der Waals surface area contributed by atoms with Crippen LogP contribution >= 0.6 is 0 Å². The molecule has 3 aliphatic rings. The first-order valence-electron chi connectivity index (χ1n) is 12.1. The number of anilines is 1. The molecule has 3 aliphatic carbocycles. The van der Waals surface area contributed by atoms with Gasteiger partial charge in [0.1, 0.15) is 11.6 Å². The van der Waals surface area contributed by atoms with Crippen molar-refractivity contribution >= 4 is 17.4 Å². The van der Waals surface area contributed by atoms with Crippen molar-refractivity contribution in [3.8, 4) is 0 Å². The van der Waals surface area contributed by atoms with Crippen molar-refractivity contribution in [3.05, 3.63) is 47.0 Å². The SMILES string of the molecule is Cc1cc(NC(=O)CCC[C@@H]2C/C(=N\O)[C@@]3(C)CCC4c5cccc(F)c5CCC4C23)no1. The van der Waals surface area contributed by atoms with Gasteiger partial charge in [-0.15, -0.1) is 0 Å². The number of aromatic nitrogens is 1. The molecule has 5 atom stereocenters. The summed E-state index contributed by atoms with van der Waals surface area (Å²) >= 11 is 0. The van der Waals surface area contributed by atoms with Gasteiger partial charge in [0, 0.05) is 17.9 Å². The Labute approximate surface area is 193 Å². The Morgan fingerprint density at radius 2 is 2.24 bits per heavy atom. The number of aryl methyl sites for hydroxylation is 1. The van der Waals surface area contributed by atoms with E-state index in [0.29, 0.717) is 41.7 Å². The highest BCUT2D eigenvalue weighted by atomic mass is 19.1. The molecule has 6 nitrogen and oxygen atoms in total. The molecule has 0 aliphatic heterocycles. The molecule has 176 valence electrons. The van der Waals surface area contributed by atoms with Crippen molar-refractivity contribution in [1.29, 1.82) is 0 Å². The third-order valence-electron chi connectivity index (χ3n) is 8.59. The average molecular weight is 454 g/mol. The third-order valence-corrected chi connectivity index (χ3v) is 8.59. The molecule has 7 heteroatoms. The lowest BCUT2D eigenvalue weighted by Crippen LogP contribution is -2.44. The molecule has 1 amide bonds. The first kappa shape index (κ1) is 22.1. The first-order chi connectivity index (χ1) is 15.9. The van der Waals surface area contributed by atoms with Gasteiger partial charge in [0.2, 0.25) is 5.91 Å². The van der Waals surface area contributed by atoms with Crippen LogP contribution in [0.1, 0.15) is 74.7 Å². The largest absolute Gasteiger partial charge is 0.411 e. The lowest BCUT2D eigenvalue weighted by Gasteiger charge is -2.50. The highest BCUT2D eigenvalue weighted by molar-refractivity contribution is 5.92. The van der Waals surface area contributed by atoms with Crippen LogP contribution in [-0.4, -0.2) is 22.0 Å². The first-order valence-corrected chi connectivity index (χ1v) is 12.1. The molecule has 1 aromatic carbocycles. The quantitative estimate of drug-likeness (QED) is 0.439. The molecule has 0 spiro atoms. The minimum atomic E-state index is -0.119. The van der Waals surface area contributed by atoms with E-state index in [1.165, 1.54) is 5.56 Å². The summed E-state index contributed by atoms with van der Waals surface area (Å²) < 4.78 is 19.5. The fourth-order valence-electron chi connectivity index (χ4n) is 7.23. The van der Waals surface area contributed by atoms with Crippen LogP contribution in [0.25, 0.3) is 0 Å². The minimum absolute atomic E-state index is 0.0660. The van der Waals surface area contributed by atoms with Crippen molar-refractivity contribution in [2.75, 3.05) is 5.32 Å². The Bertz CT molecular complexity index is 1080. The Morgan fingerprint density at radius 3 is 3.00 bits per heavy atom. The third kappa shape index (κ3) is 3.85. The number of nitrogens with one attached hydrogen (secondary N) is 1. The summed E-state index contributed by atoms with van der Waals surface area (Å²) in [6.45, 7) is 4.04. The van der Waals surface area contributed by atoms with Gasteiger partial charge in [0.25, 0.3) is 0 Å². The van der Waals surface area contributed by atoms with E-state index in [-0.39, 0.29) is 17.1 Å². The van der Waals surface area contributed by atoms with Gasteiger partial charge in [0.15, 0.2) is 5.82 Å². The lowest BCUT2D eigenvalue weighted by molar-refractivity contribution is -0.116. The van der Waals surface area contributed by atoms with Crippen molar-refractivity contribution in [2.45, 2.75) is 71.1 Å². The van der Waals surface area contributed by atoms with Crippen LogP contribution in [0.2, 0.25) is 0 Å². The molecule has 2 saturated carbocycles. The summed E-state index contributed by atoms with van der Waals surface area (Å²) in [6, 6.07) is 7.23. The second kappa shape index (κ2) is 8.58. The molecule has 1 heterocycles. The van der Waals surface area contributed by atoms with Gasteiger partial charge in [-0.05, 0) is 92.7 Å². The van der Waals surface area contributed by atoms with E-state index in [0.717, 1.165) is 56.2 Å². The molecular formula is C26H32FN3O3. The Balaban J connectivity index is 1.31. The van der Waals surface area contributed by atoms with Crippen molar-refractivity contribution < 1.29 is 18.9 Å². The van der Waals surface area contributed by atoms with Gasteiger partial charge in [-0.2, -0.15) is 0 Å². The summed E-state index contributed by atoms with van der Waals surface area (Å²) in [5, 5.41) is 20.2. The predicted molar refractivity (Wildman–Crippen MR) is 123 cm³/mol. The van der Waals surface area contributed by atoms with Gasteiger partial charge in [-0.3, -0.25) is 4.79 Å². The summed E-state index contributed by atoms with van der Waals surface area (Å²) in [4.78, 5) is 12.4. The Hall–Kier alpha value is -2.70. The van der Waals surface area contributed by atoms with Crippen LogP contribution in [0.3, 0.4) is 0 Å². The average Bonchev–Trinajstić information content (AvgIpc) is 3.33. The van der Waals surface area contributed by atoms with Gasteiger partial charge >= 0.3 is 0 Å². The molecular weight excluding hydrogens is 421 g/mol. The number of hydrogen-bond acceptors (Lipinski definition) is 5. The molecule has 0 bridgehead atoms. The number of carbonyl (C=O) groups is 1. The van der Waals surface area contributed by atoms with Crippen LogP contribution in [0.15, 0.2) is 33.9 Å². The van der Waals surface area contributed by atoms with Crippen molar-refractivity contribution in [3.63, 3.8) is 0 Å². The fraction of sp³-hybridized carbons (Fsp3) is 0.577. The number of benzene rings is 1. The predicted octanol–water partition coefficient (Wildman–Crippen LogP) is 5.84. The topological polar surface area (TPSA) is 87.7 Å². The molecule has 3 unspecified atom stereocenters. The Kier molecular flexibility index (Phi) is 5.75. The van der Waals surface area contributed by atoms with Gasteiger partial charge < -0.3 is 15.0 Å². The maximum Gasteiger partial charge on any atom is 0.225 e. The molecule has 2 N–H and O–H groups in total. The lowest BCUT2D eigenvalue weighted by atomic mass is 9.54. The molecule has 33 heavy (non-hydrogen) atoms. The molecule has 0 saturated heterocycles. The van der Waals surface area contributed by atoms with E-state index in [2.05, 4.69) is 28.6 Å². The van der Waals surface area contributed by atoms with Crippen molar-refractivity contribution in [2.24, 2.45) is 28.3 Å². The van der Waals surface area contributed by atoms with E-state index >= 15 is 0 Å². The number of hydrogen-bond donors (Lipinski definition) is 2. The smallest absolute Gasteiger partial charge is 0.225 e. The zero-order valence-electron chi connectivity index (χ0n) is 19.3. The number of amides is 1. The van der Waals surface area contributed by atoms with Crippen molar-refractivity contribution in [1.82, 2.24) is 5.16 Å². The second-order valence-corrected chi connectivity index (χ2v) is 10.4. The number of oxime groups is 1. The monoisotopic (exact) mass is 453 g/mol. The molecule has 0 radical (unpaired) electrons. The fourth-order valence-corrected chi connectivity index (χ4v) is 7.23. The normalized spacial score (nSPS) is 31.7. The second-order valence-electron chi connectivity index (χ2n) is 10.4. The van der Waals surface area contributed by atoms with Crippen LogP contribution < -0.4 is 5.32 Å². The maximum atomic E-state index is 14.5. The van der Waals surface area contributed by atoms with Crippen LogP contribution in [0, 0.1) is 35.9 Å². The Morgan fingerprint density at radius 1 is 1.39 bits per heavy atom. The highest BCUT2D eigenvalue weighted by Gasteiger charge is 2.57. The molecule has 2 aromatic rings. The van der Waals surface area contributed by atoms with E-state index in [9.17, 15) is 14.4 Å². The number of rotatable bonds is 5. The van der Waals surface area contributed by atoms with Crippen LogP contribution in [0.4, 0.5) is 10.2 Å². The van der Waals surface area contributed by atoms with Gasteiger partial charge in [0.05, 0.1) is 5.71 Å². The summed E-state index contributed by atoms with van der Waals surface area (Å²) in [7, 11) is 0. The highest BCUT2D eigenvalue weighted by Crippen LogP contribution is 2.62. The molecule has 5 rings (SSSR count). The van der Waals surface area contributed by atoms with Crippen LogP contribution in [0.5, 0.6) is 0 Å². The van der Waals surface area contributed by atoms with Gasteiger partial charge in [-0.1, -0.05) is 29.4 Å². The summed E-state index contributed by atoms with van der Waals surface area (Å²) in [5.74, 6) is 2.54. The maximum absolute atomic E-state index is 14.5. The van der Waals surface area contributed by atoms with E-state index in [4.69, 9.17) is 4.52 Å². The zero-order chi connectivity index (χ0) is 23.2. The number of fused-ring (bicyclic) bond motifs is 5. The van der Waals surface area contributed by atoms with E-state index in [1.807, 2.05) is 6.07 Å². The number of halogens is 1. The standard InChI is InChI=1S/C26H32FN3O3/c1-15-13-23(30-33-15)28-24(31)8-3-5-16-14-22(29-32)26(2)12-11-18-17-6-4-7-21(27)19(17)9-10-20(18)25(16)26/h4,6-7,13,16,18,20,25,32H,3,5,8-12,14H2,1-2H3,(H,28,30,31)/b29-22+/t16-,18?,20?,25?,26-/m1/s1. The van der Waals surface area contributed by atoms with E-state index < -0.39 is 0 Å². The molecule has 2 fully saturated rings. The summed E-state index contributed by atoms with van der Waals surface area (Å²) in [5.41, 5.74) is 2.87. The van der Waals surface area contributed by atoms with Crippen LogP contribution in [-0.2, 0) is 11.2 Å². The zero-order valence-corrected chi connectivity index (χ0v) is 19.3. The molecule has 1 aromatic heterocycles. The summed E-state index contributed by atoms with van der Waals surface area (Å²) in [6.07, 6.45) is 6.56.